The van der Waals surface area contributed by atoms with E-state index in [1.807, 2.05) is 0 Å². The highest BCUT2D eigenvalue weighted by molar-refractivity contribution is 5.77. The van der Waals surface area contributed by atoms with Gasteiger partial charge in [-0.25, -0.2) is 9.59 Å². The van der Waals surface area contributed by atoms with Crippen LogP contribution in [0.1, 0.15) is 38.5 Å². The first-order chi connectivity index (χ1) is 10.8. The molecular formula is C15H22N2O6. The summed E-state index contributed by atoms with van der Waals surface area (Å²) >= 11 is 0. The van der Waals surface area contributed by atoms with Crippen molar-refractivity contribution in [1.29, 1.82) is 0 Å². The van der Waals surface area contributed by atoms with Crippen LogP contribution >= 0.6 is 0 Å². The van der Waals surface area contributed by atoms with E-state index in [0.717, 1.165) is 0 Å². The number of hydrogen-bond acceptors (Lipinski definition) is 5. The van der Waals surface area contributed by atoms with E-state index in [0.29, 0.717) is 25.7 Å². The minimum atomic E-state index is -0.999. The molecule has 0 saturated heterocycles. The number of hydrogen-bond donors (Lipinski definition) is 3. The van der Waals surface area contributed by atoms with Gasteiger partial charge in [-0.1, -0.05) is 0 Å². The maximum Gasteiger partial charge on any atom is 0.407 e. The molecule has 3 N–H and O–H groups in total. The number of amides is 2. The number of carbonyl (C=O) groups is 3. The Kier molecular flexibility index (Phi) is 3.46. The third-order valence-corrected chi connectivity index (χ3v) is 5.45. The molecule has 8 heteroatoms. The van der Waals surface area contributed by atoms with E-state index in [1.165, 1.54) is 14.1 Å². The molecule has 4 fully saturated rings. The highest BCUT2D eigenvalue weighted by atomic mass is 16.6. The van der Waals surface area contributed by atoms with E-state index in [9.17, 15) is 19.5 Å². The zero-order valence-corrected chi connectivity index (χ0v) is 13.3. The topological polar surface area (TPSA) is 114 Å². The van der Waals surface area contributed by atoms with Gasteiger partial charge in [-0.15, -0.1) is 0 Å². The van der Waals surface area contributed by atoms with Crippen LogP contribution in [0.25, 0.3) is 0 Å². The minimum absolute atomic E-state index is 0.0664. The SMILES string of the molecule is CNC(=O)OC12CC3CC(OC(=O)NC)(C1)CC(C(=O)O)(C3)C2. The minimum Gasteiger partial charge on any atom is -0.481 e. The number of carbonyl (C=O) groups excluding carboxylic acids is 2. The van der Waals surface area contributed by atoms with Crippen LogP contribution in [0.2, 0.25) is 0 Å². The van der Waals surface area contributed by atoms with Gasteiger partial charge in [0.05, 0.1) is 5.41 Å². The molecule has 2 atom stereocenters. The zero-order chi connectivity index (χ0) is 16.9. The number of alkyl carbamates (subject to hydrolysis) is 2. The fourth-order valence-electron chi connectivity index (χ4n) is 5.22. The van der Waals surface area contributed by atoms with Crippen molar-refractivity contribution in [3.05, 3.63) is 0 Å². The van der Waals surface area contributed by atoms with Crippen molar-refractivity contribution in [3.63, 3.8) is 0 Å². The summed E-state index contributed by atoms with van der Waals surface area (Å²) < 4.78 is 11.2. The molecule has 4 bridgehead atoms. The van der Waals surface area contributed by atoms with E-state index in [2.05, 4.69) is 10.6 Å². The Hall–Kier alpha value is -1.99. The number of carboxylic acid groups (broad SMARTS) is 1. The molecule has 23 heavy (non-hydrogen) atoms. The maximum atomic E-state index is 11.9. The third-order valence-electron chi connectivity index (χ3n) is 5.45. The lowest BCUT2D eigenvalue weighted by Crippen LogP contribution is -2.67. The van der Waals surface area contributed by atoms with Gasteiger partial charge in [0, 0.05) is 33.4 Å². The first-order valence-corrected chi connectivity index (χ1v) is 7.81. The van der Waals surface area contributed by atoms with Gasteiger partial charge in [0.1, 0.15) is 11.2 Å². The molecule has 0 aromatic rings. The van der Waals surface area contributed by atoms with Crippen LogP contribution in [0.15, 0.2) is 0 Å². The number of carboxylic acids is 1. The second kappa shape index (κ2) is 5.01. The van der Waals surface area contributed by atoms with Gasteiger partial charge in [-0.05, 0) is 25.2 Å². The van der Waals surface area contributed by atoms with Gasteiger partial charge in [0.15, 0.2) is 0 Å². The molecule has 0 aliphatic heterocycles. The van der Waals surface area contributed by atoms with Gasteiger partial charge in [-0.3, -0.25) is 4.79 Å². The predicted octanol–water partition coefficient (Wildman–Crippen LogP) is 1.24. The van der Waals surface area contributed by atoms with Crippen LogP contribution in [0, 0.1) is 11.3 Å². The highest BCUT2D eigenvalue weighted by Gasteiger charge is 2.69. The molecule has 0 spiro atoms. The summed E-state index contributed by atoms with van der Waals surface area (Å²) in [6, 6.07) is 0. The van der Waals surface area contributed by atoms with Gasteiger partial charge in [0.25, 0.3) is 0 Å². The first-order valence-electron chi connectivity index (χ1n) is 7.81. The molecule has 8 nitrogen and oxygen atoms in total. The smallest absolute Gasteiger partial charge is 0.407 e. The summed E-state index contributed by atoms with van der Waals surface area (Å²) in [5.41, 5.74) is -2.76. The zero-order valence-electron chi connectivity index (χ0n) is 13.3. The predicted molar refractivity (Wildman–Crippen MR) is 77.8 cm³/mol. The van der Waals surface area contributed by atoms with Crippen LogP contribution in [-0.2, 0) is 14.3 Å². The number of nitrogens with one attached hydrogen (secondary N) is 2. The van der Waals surface area contributed by atoms with Crippen LogP contribution in [0.3, 0.4) is 0 Å². The number of aliphatic carboxylic acids is 1. The summed E-state index contributed by atoms with van der Waals surface area (Å²) in [6.07, 6.45) is 1.52. The fraction of sp³-hybridized carbons (Fsp3) is 0.800. The molecule has 2 amide bonds. The van der Waals surface area contributed by atoms with Gasteiger partial charge < -0.3 is 25.2 Å². The standard InChI is InChI=1S/C15H22N2O6/c1-16-11(20)22-14-4-9-3-13(6-14,10(18)19)7-15(5-9,8-14)23-12(21)17-2/h9H,3-8H2,1-2H3,(H,16,20)(H,17,21)(H,18,19). The molecule has 0 aromatic carbocycles. The maximum absolute atomic E-state index is 11.9. The van der Waals surface area contributed by atoms with Crippen LogP contribution in [0.5, 0.6) is 0 Å². The lowest BCUT2D eigenvalue weighted by Gasteiger charge is -2.63. The molecular weight excluding hydrogens is 304 g/mol. The summed E-state index contributed by atoms with van der Waals surface area (Å²) in [5, 5.41) is 14.6. The van der Waals surface area contributed by atoms with E-state index in [1.54, 1.807) is 0 Å². The quantitative estimate of drug-likeness (QED) is 0.719. The average Bonchev–Trinajstić information content (AvgIpc) is 2.44. The Morgan fingerprint density at radius 1 is 0.913 bits per heavy atom. The summed E-state index contributed by atoms with van der Waals surface area (Å²) in [7, 11) is 2.93. The molecule has 0 radical (unpaired) electrons. The van der Waals surface area contributed by atoms with E-state index in [-0.39, 0.29) is 18.8 Å². The molecule has 4 aliphatic rings. The van der Waals surface area contributed by atoms with Crippen LogP contribution in [-0.4, -0.2) is 48.6 Å². The van der Waals surface area contributed by atoms with Crippen LogP contribution < -0.4 is 10.6 Å². The molecule has 2 unspecified atom stereocenters. The monoisotopic (exact) mass is 326 g/mol. The largest absolute Gasteiger partial charge is 0.481 e. The van der Waals surface area contributed by atoms with Gasteiger partial charge >= 0.3 is 18.2 Å². The van der Waals surface area contributed by atoms with Crippen LogP contribution in [0.4, 0.5) is 9.59 Å². The summed E-state index contributed by atoms with van der Waals surface area (Å²) in [5.74, 6) is -0.840. The Bertz CT molecular complexity index is 528. The van der Waals surface area contributed by atoms with Crippen molar-refractivity contribution in [2.45, 2.75) is 49.7 Å². The lowest BCUT2D eigenvalue weighted by atomic mass is 9.46. The molecule has 4 rings (SSSR count). The van der Waals surface area contributed by atoms with Gasteiger partial charge in [0.2, 0.25) is 0 Å². The Morgan fingerprint density at radius 2 is 1.39 bits per heavy atom. The molecule has 4 aliphatic carbocycles. The molecule has 0 heterocycles. The summed E-state index contributed by atoms with van der Waals surface area (Å²) in [6.45, 7) is 0. The molecule has 4 saturated carbocycles. The first kappa shape index (κ1) is 15.9. The number of ether oxygens (including phenoxy) is 2. The van der Waals surface area contributed by atoms with Crippen molar-refractivity contribution in [2.24, 2.45) is 11.3 Å². The Balaban J connectivity index is 1.96. The van der Waals surface area contributed by atoms with Crippen molar-refractivity contribution < 1.29 is 29.0 Å². The fourth-order valence-corrected chi connectivity index (χ4v) is 5.22. The van der Waals surface area contributed by atoms with Crippen molar-refractivity contribution >= 4 is 18.2 Å². The van der Waals surface area contributed by atoms with E-state index in [4.69, 9.17) is 9.47 Å². The highest BCUT2D eigenvalue weighted by Crippen LogP contribution is 2.65. The second-order valence-corrected chi connectivity index (χ2v) is 7.24. The van der Waals surface area contributed by atoms with Crippen molar-refractivity contribution in [2.75, 3.05) is 14.1 Å². The third kappa shape index (κ3) is 2.49. The Morgan fingerprint density at radius 3 is 1.78 bits per heavy atom. The van der Waals surface area contributed by atoms with Crippen molar-refractivity contribution in [1.82, 2.24) is 10.6 Å². The van der Waals surface area contributed by atoms with E-state index < -0.39 is 34.8 Å². The normalized spacial score (nSPS) is 40.3. The van der Waals surface area contributed by atoms with Gasteiger partial charge in [-0.2, -0.15) is 0 Å². The Labute approximate surface area is 133 Å². The second-order valence-electron chi connectivity index (χ2n) is 7.24. The lowest BCUT2D eigenvalue weighted by molar-refractivity contribution is -0.233. The summed E-state index contributed by atoms with van der Waals surface area (Å²) in [4.78, 5) is 35.4. The van der Waals surface area contributed by atoms with Crippen molar-refractivity contribution in [3.8, 4) is 0 Å². The molecule has 128 valence electrons. The van der Waals surface area contributed by atoms with E-state index >= 15 is 0 Å². The average molecular weight is 326 g/mol. The molecule has 0 aromatic heterocycles. The number of rotatable bonds is 3.